The van der Waals surface area contributed by atoms with E-state index in [4.69, 9.17) is 11.5 Å². The van der Waals surface area contributed by atoms with Crippen LogP contribution < -0.4 is 22.1 Å². The van der Waals surface area contributed by atoms with Crippen molar-refractivity contribution in [3.63, 3.8) is 0 Å². The number of aromatic nitrogens is 2. The summed E-state index contributed by atoms with van der Waals surface area (Å²) in [5.74, 6) is -0.782. The van der Waals surface area contributed by atoms with Gasteiger partial charge in [-0.25, -0.2) is 9.37 Å². The van der Waals surface area contributed by atoms with Crippen LogP contribution in [-0.4, -0.2) is 34.2 Å². The van der Waals surface area contributed by atoms with E-state index in [1.807, 2.05) is 6.92 Å². The number of carbonyl (C=O) groups excluding carboxylic acids is 2. The van der Waals surface area contributed by atoms with E-state index in [-0.39, 0.29) is 35.6 Å². The number of carbonyl (C=O) groups is 2. The van der Waals surface area contributed by atoms with Gasteiger partial charge in [-0.2, -0.15) is 4.98 Å². The average molecular weight is 422 g/mol. The van der Waals surface area contributed by atoms with Crippen molar-refractivity contribution in [2.75, 3.05) is 17.2 Å². The van der Waals surface area contributed by atoms with Gasteiger partial charge in [-0.15, -0.1) is 0 Å². The molecule has 0 fully saturated rings. The number of nitrogens with two attached hydrogens (primary N) is 2. The molecule has 0 spiro atoms. The normalized spacial score (nSPS) is 11.6. The first-order valence-electron chi connectivity index (χ1n) is 9.63. The van der Waals surface area contributed by atoms with Crippen LogP contribution in [0.5, 0.6) is 0 Å². The maximum atomic E-state index is 13.4. The van der Waals surface area contributed by atoms with E-state index in [2.05, 4.69) is 20.6 Å². The number of hydrogen-bond acceptors (Lipinski definition) is 7. The van der Waals surface area contributed by atoms with Crippen molar-refractivity contribution in [1.29, 1.82) is 0 Å². The number of halogens is 1. The number of primary amides is 1. The minimum absolute atomic E-state index is 0.0621. The second-order valence-corrected chi connectivity index (χ2v) is 7.11. The van der Waals surface area contributed by atoms with Crippen molar-refractivity contribution < 1.29 is 14.0 Å². The van der Waals surface area contributed by atoms with Crippen molar-refractivity contribution in [3.05, 3.63) is 77.2 Å². The molecular formula is C22H23FN6O2. The number of ketones is 1. The molecule has 0 bridgehead atoms. The molecule has 1 heterocycles. The second kappa shape index (κ2) is 9.77. The molecule has 0 saturated heterocycles. The third kappa shape index (κ3) is 6.06. The largest absolute Gasteiger partial charge is 0.365 e. The molecule has 0 unspecified atom stereocenters. The van der Waals surface area contributed by atoms with Crippen LogP contribution in [0.4, 0.5) is 21.8 Å². The van der Waals surface area contributed by atoms with Crippen LogP contribution in [0.3, 0.4) is 0 Å². The SMILES string of the molecule is C[C@H](N)CNc1ncc(C(N)=O)c(Nc2cccc(C(=O)Cc3cccc(F)c3)c2)n1. The van der Waals surface area contributed by atoms with Crippen LogP contribution in [0.15, 0.2) is 54.7 Å². The Bertz CT molecular complexity index is 1100. The molecule has 2 aromatic carbocycles. The average Bonchev–Trinajstić information content (AvgIpc) is 2.72. The molecule has 6 N–H and O–H groups in total. The number of hydrogen-bond donors (Lipinski definition) is 4. The van der Waals surface area contributed by atoms with E-state index >= 15 is 0 Å². The quantitative estimate of drug-likeness (QED) is 0.389. The van der Waals surface area contributed by atoms with Gasteiger partial charge in [-0.1, -0.05) is 24.3 Å². The van der Waals surface area contributed by atoms with E-state index in [0.29, 0.717) is 23.4 Å². The van der Waals surface area contributed by atoms with Crippen LogP contribution in [-0.2, 0) is 6.42 Å². The zero-order chi connectivity index (χ0) is 22.4. The first-order valence-corrected chi connectivity index (χ1v) is 9.63. The molecular weight excluding hydrogens is 399 g/mol. The van der Waals surface area contributed by atoms with Crippen molar-refractivity contribution in [2.24, 2.45) is 11.5 Å². The number of rotatable bonds is 9. The third-order valence-corrected chi connectivity index (χ3v) is 4.34. The highest BCUT2D eigenvalue weighted by Gasteiger charge is 2.14. The summed E-state index contributed by atoms with van der Waals surface area (Å²) in [5.41, 5.74) is 12.8. The van der Waals surface area contributed by atoms with E-state index < -0.39 is 11.7 Å². The summed E-state index contributed by atoms with van der Waals surface area (Å²) in [6.45, 7) is 2.27. The second-order valence-electron chi connectivity index (χ2n) is 7.11. The molecule has 1 atom stereocenters. The molecule has 160 valence electrons. The van der Waals surface area contributed by atoms with Gasteiger partial charge in [0.05, 0.1) is 0 Å². The zero-order valence-corrected chi connectivity index (χ0v) is 16.9. The van der Waals surface area contributed by atoms with Gasteiger partial charge in [0.1, 0.15) is 17.2 Å². The van der Waals surface area contributed by atoms with E-state index in [1.165, 1.54) is 18.3 Å². The standard InChI is InChI=1S/C22H23FN6O2/c1-13(24)11-26-22-27-12-18(20(25)31)21(29-22)28-17-7-3-5-15(10-17)19(30)9-14-4-2-6-16(23)8-14/h2-8,10,12-13H,9,11,24H2,1H3,(H2,25,31)(H2,26,27,28,29)/t13-/m0/s1. The fourth-order valence-corrected chi connectivity index (χ4v) is 2.84. The Balaban J connectivity index is 1.81. The van der Waals surface area contributed by atoms with Gasteiger partial charge >= 0.3 is 0 Å². The first kappa shape index (κ1) is 21.8. The molecule has 0 aliphatic rings. The van der Waals surface area contributed by atoms with Gasteiger partial charge in [0, 0.05) is 36.5 Å². The Hall–Kier alpha value is -3.85. The molecule has 0 aliphatic heterocycles. The minimum atomic E-state index is -0.695. The lowest BCUT2D eigenvalue weighted by Crippen LogP contribution is -2.26. The molecule has 1 aromatic heterocycles. The van der Waals surface area contributed by atoms with E-state index in [1.54, 1.807) is 36.4 Å². The molecule has 9 heteroatoms. The van der Waals surface area contributed by atoms with E-state index in [9.17, 15) is 14.0 Å². The molecule has 0 radical (unpaired) electrons. The zero-order valence-electron chi connectivity index (χ0n) is 16.9. The Morgan fingerprint density at radius 2 is 1.94 bits per heavy atom. The first-order chi connectivity index (χ1) is 14.8. The fourth-order valence-electron chi connectivity index (χ4n) is 2.84. The van der Waals surface area contributed by atoms with Crippen molar-refractivity contribution in [3.8, 4) is 0 Å². The lowest BCUT2D eigenvalue weighted by Gasteiger charge is -2.13. The molecule has 0 aliphatic carbocycles. The van der Waals surface area contributed by atoms with Gasteiger partial charge in [-0.3, -0.25) is 9.59 Å². The number of anilines is 3. The minimum Gasteiger partial charge on any atom is -0.365 e. The highest BCUT2D eigenvalue weighted by atomic mass is 19.1. The van der Waals surface area contributed by atoms with Gasteiger partial charge in [0.2, 0.25) is 5.95 Å². The number of Topliss-reactive ketones (excluding diaryl/α,β-unsaturated/α-hetero) is 1. The Kier molecular flexibility index (Phi) is 6.88. The molecule has 1 amide bonds. The van der Waals surface area contributed by atoms with Gasteiger partial charge in [0.15, 0.2) is 5.78 Å². The molecule has 8 nitrogen and oxygen atoms in total. The Morgan fingerprint density at radius 3 is 2.65 bits per heavy atom. The van der Waals surface area contributed by atoms with Crippen LogP contribution in [0.25, 0.3) is 0 Å². The summed E-state index contributed by atoms with van der Waals surface area (Å²) in [5, 5.41) is 5.99. The van der Waals surface area contributed by atoms with Crippen LogP contribution in [0, 0.1) is 5.82 Å². The highest BCUT2D eigenvalue weighted by molar-refractivity contribution is 6.00. The highest BCUT2D eigenvalue weighted by Crippen LogP contribution is 2.21. The smallest absolute Gasteiger partial charge is 0.254 e. The van der Waals surface area contributed by atoms with Crippen molar-refractivity contribution in [1.82, 2.24) is 9.97 Å². The van der Waals surface area contributed by atoms with Crippen molar-refractivity contribution >= 4 is 29.1 Å². The maximum Gasteiger partial charge on any atom is 0.254 e. The fraction of sp³-hybridized carbons (Fsp3) is 0.182. The van der Waals surface area contributed by atoms with Gasteiger partial charge in [0.25, 0.3) is 5.91 Å². The molecule has 3 rings (SSSR count). The number of amides is 1. The summed E-state index contributed by atoms with van der Waals surface area (Å²) in [4.78, 5) is 32.8. The summed E-state index contributed by atoms with van der Waals surface area (Å²) >= 11 is 0. The number of nitrogens with zero attached hydrogens (tertiary/aromatic N) is 2. The van der Waals surface area contributed by atoms with Crippen LogP contribution in [0.1, 0.15) is 33.2 Å². The van der Waals surface area contributed by atoms with Gasteiger partial charge < -0.3 is 22.1 Å². The lowest BCUT2D eigenvalue weighted by molar-refractivity contribution is 0.0987. The third-order valence-electron chi connectivity index (χ3n) is 4.34. The van der Waals surface area contributed by atoms with E-state index in [0.717, 1.165) is 0 Å². The van der Waals surface area contributed by atoms with Crippen LogP contribution >= 0.6 is 0 Å². The van der Waals surface area contributed by atoms with Crippen LogP contribution in [0.2, 0.25) is 0 Å². The number of benzene rings is 2. The predicted molar refractivity (Wildman–Crippen MR) is 117 cm³/mol. The predicted octanol–water partition coefficient (Wildman–Crippen LogP) is 2.64. The maximum absolute atomic E-state index is 13.4. The summed E-state index contributed by atoms with van der Waals surface area (Å²) in [7, 11) is 0. The molecule has 0 saturated carbocycles. The van der Waals surface area contributed by atoms with Crippen molar-refractivity contribution in [2.45, 2.75) is 19.4 Å². The number of nitrogens with one attached hydrogen (secondary N) is 2. The summed E-state index contributed by atoms with van der Waals surface area (Å²) in [6.07, 6.45) is 1.38. The Morgan fingerprint density at radius 1 is 1.16 bits per heavy atom. The Labute approximate surface area is 178 Å². The molecule has 31 heavy (non-hydrogen) atoms. The molecule has 3 aromatic rings. The summed E-state index contributed by atoms with van der Waals surface area (Å²) < 4.78 is 13.4. The topological polar surface area (TPSA) is 136 Å². The lowest BCUT2D eigenvalue weighted by atomic mass is 10.0. The van der Waals surface area contributed by atoms with Gasteiger partial charge in [-0.05, 0) is 36.8 Å². The summed E-state index contributed by atoms with van der Waals surface area (Å²) in [6, 6.07) is 12.5. The monoisotopic (exact) mass is 422 g/mol.